The highest BCUT2D eigenvalue weighted by molar-refractivity contribution is 5.81. The van der Waals surface area contributed by atoms with E-state index in [2.05, 4.69) is 0 Å². The van der Waals surface area contributed by atoms with Gasteiger partial charge >= 0.3 is 5.97 Å². The average Bonchev–Trinajstić information content (AvgIpc) is 2.04. The number of hydrogen-bond donors (Lipinski definition) is 1. The quantitative estimate of drug-likeness (QED) is 0.667. The van der Waals surface area contributed by atoms with Gasteiger partial charge in [0.2, 0.25) is 5.91 Å². The summed E-state index contributed by atoms with van der Waals surface area (Å²) >= 11 is 0. The summed E-state index contributed by atoms with van der Waals surface area (Å²) in [4.78, 5) is 21.1. The lowest BCUT2D eigenvalue weighted by Gasteiger charge is -2.17. The zero-order valence-electron chi connectivity index (χ0n) is 7.79. The number of carboxylic acids is 1. The molecule has 0 spiro atoms. The Morgan fingerprint density at radius 3 is 2.38 bits per heavy atom. The van der Waals surface area contributed by atoms with Crippen LogP contribution in [-0.2, 0) is 9.59 Å². The number of carboxylic acid groups (broad SMARTS) is 1. The second-order valence-electron chi connectivity index (χ2n) is 2.83. The van der Waals surface area contributed by atoms with Crippen LogP contribution in [0.15, 0.2) is 0 Å². The molecule has 0 fully saturated rings. The standard InChI is InChI=1S/C8H14FNO3/c1-3-4-5-7(8(12)13)10(9)6(2)11/h7H,3-5H2,1-2H3,(H,12,13). The van der Waals surface area contributed by atoms with Gasteiger partial charge in [-0.25, -0.2) is 4.79 Å². The molecule has 0 aliphatic carbocycles. The van der Waals surface area contributed by atoms with E-state index in [1.807, 2.05) is 6.92 Å². The van der Waals surface area contributed by atoms with Crippen LogP contribution in [-0.4, -0.2) is 28.1 Å². The molecule has 0 bridgehead atoms. The summed E-state index contributed by atoms with van der Waals surface area (Å²) in [7, 11) is 0. The van der Waals surface area contributed by atoms with E-state index in [0.717, 1.165) is 13.3 Å². The lowest BCUT2D eigenvalue weighted by atomic mass is 10.1. The molecule has 0 saturated carbocycles. The second kappa shape index (κ2) is 5.50. The zero-order valence-corrected chi connectivity index (χ0v) is 7.79. The molecule has 0 aliphatic rings. The van der Waals surface area contributed by atoms with Crippen molar-refractivity contribution in [2.75, 3.05) is 0 Å². The van der Waals surface area contributed by atoms with Gasteiger partial charge in [-0.1, -0.05) is 24.2 Å². The average molecular weight is 191 g/mol. The van der Waals surface area contributed by atoms with Gasteiger partial charge in [0, 0.05) is 6.92 Å². The van der Waals surface area contributed by atoms with E-state index in [4.69, 9.17) is 5.11 Å². The molecule has 0 aromatic heterocycles. The van der Waals surface area contributed by atoms with Crippen molar-refractivity contribution in [2.45, 2.75) is 39.2 Å². The molecule has 4 nitrogen and oxygen atoms in total. The van der Waals surface area contributed by atoms with Gasteiger partial charge in [-0.05, 0) is 6.42 Å². The summed E-state index contributed by atoms with van der Waals surface area (Å²) in [6.07, 6.45) is 1.52. The molecule has 1 amide bonds. The van der Waals surface area contributed by atoms with E-state index in [1.54, 1.807) is 0 Å². The third kappa shape index (κ3) is 3.87. The molecule has 0 heterocycles. The Bertz CT molecular complexity index is 196. The molecule has 0 saturated heterocycles. The highest BCUT2D eigenvalue weighted by Gasteiger charge is 2.27. The molecular formula is C8H14FNO3. The fourth-order valence-corrected chi connectivity index (χ4v) is 0.951. The number of amides is 1. The third-order valence-corrected chi connectivity index (χ3v) is 1.69. The monoisotopic (exact) mass is 191 g/mol. The summed E-state index contributed by atoms with van der Waals surface area (Å²) in [6, 6.07) is -1.34. The molecule has 5 heteroatoms. The van der Waals surface area contributed by atoms with Crippen LogP contribution in [0.2, 0.25) is 0 Å². The van der Waals surface area contributed by atoms with E-state index in [0.29, 0.717) is 6.42 Å². The Balaban J connectivity index is 4.24. The van der Waals surface area contributed by atoms with Crippen LogP contribution < -0.4 is 0 Å². The van der Waals surface area contributed by atoms with Crippen LogP contribution >= 0.6 is 0 Å². The summed E-state index contributed by atoms with van der Waals surface area (Å²) < 4.78 is 12.9. The fourth-order valence-electron chi connectivity index (χ4n) is 0.951. The zero-order chi connectivity index (χ0) is 10.4. The smallest absolute Gasteiger partial charge is 0.329 e. The lowest BCUT2D eigenvalue weighted by Crippen LogP contribution is -2.38. The maximum atomic E-state index is 12.9. The number of carbonyl (C=O) groups is 2. The van der Waals surface area contributed by atoms with Crippen molar-refractivity contribution in [1.82, 2.24) is 5.12 Å². The maximum Gasteiger partial charge on any atom is 0.329 e. The van der Waals surface area contributed by atoms with Gasteiger partial charge in [0.25, 0.3) is 0 Å². The predicted molar refractivity (Wildman–Crippen MR) is 44.6 cm³/mol. The Labute approximate surface area is 76.3 Å². The Kier molecular flexibility index (Phi) is 5.03. The van der Waals surface area contributed by atoms with Crippen molar-refractivity contribution in [3.63, 3.8) is 0 Å². The van der Waals surface area contributed by atoms with E-state index >= 15 is 0 Å². The number of halogens is 1. The molecule has 0 aromatic rings. The number of rotatable bonds is 5. The van der Waals surface area contributed by atoms with E-state index in [1.165, 1.54) is 0 Å². The topological polar surface area (TPSA) is 57.6 Å². The first-order chi connectivity index (χ1) is 6.00. The SMILES string of the molecule is CCCCC(C(=O)O)N(F)C(C)=O. The molecule has 1 N–H and O–H groups in total. The highest BCUT2D eigenvalue weighted by Crippen LogP contribution is 2.10. The third-order valence-electron chi connectivity index (χ3n) is 1.69. The highest BCUT2D eigenvalue weighted by atomic mass is 19.2. The van der Waals surface area contributed by atoms with Crippen molar-refractivity contribution in [3.8, 4) is 0 Å². The number of carbonyl (C=O) groups excluding carboxylic acids is 1. The maximum absolute atomic E-state index is 12.9. The van der Waals surface area contributed by atoms with Crippen molar-refractivity contribution in [2.24, 2.45) is 0 Å². The van der Waals surface area contributed by atoms with Gasteiger partial charge in [0.05, 0.1) is 0 Å². The molecule has 0 rings (SSSR count). The second-order valence-corrected chi connectivity index (χ2v) is 2.83. The van der Waals surface area contributed by atoms with Gasteiger partial charge in [-0.3, -0.25) is 4.79 Å². The van der Waals surface area contributed by atoms with Gasteiger partial charge in [-0.15, -0.1) is 0 Å². The van der Waals surface area contributed by atoms with Gasteiger partial charge in [0.15, 0.2) is 6.04 Å². The number of hydrogen-bond acceptors (Lipinski definition) is 2. The van der Waals surface area contributed by atoms with Crippen LogP contribution in [0.5, 0.6) is 0 Å². The van der Waals surface area contributed by atoms with Crippen LogP contribution in [0.1, 0.15) is 33.1 Å². The van der Waals surface area contributed by atoms with Crippen LogP contribution in [0.25, 0.3) is 0 Å². The van der Waals surface area contributed by atoms with E-state index < -0.39 is 17.9 Å². The van der Waals surface area contributed by atoms with Crippen LogP contribution in [0.4, 0.5) is 4.48 Å². The van der Waals surface area contributed by atoms with Gasteiger partial charge in [-0.2, -0.15) is 5.12 Å². The molecule has 0 aromatic carbocycles. The molecule has 0 radical (unpaired) electrons. The lowest BCUT2D eigenvalue weighted by molar-refractivity contribution is -0.164. The van der Waals surface area contributed by atoms with E-state index in [9.17, 15) is 14.1 Å². The first kappa shape index (κ1) is 11.9. The Morgan fingerprint density at radius 2 is 2.08 bits per heavy atom. The predicted octanol–water partition coefficient (Wildman–Crippen LogP) is 1.36. The first-order valence-corrected chi connectivity index (χ1v) is 4.19. The minimum Gasteiger partial charge on any atom is -0.480 e. The molecule has 1 atom stereocenters. The number of nitrogens with zero attached hydrogens (tertiary/aromatic N) is 1. The molecule has 1 unspecified atom stereocenters. The number of aliphatic carboxylic acids is 1. The van der Waals surface area contributed by atoms with Crippen molar-refractivity contribution in [1.29, 1.82) is 0 Å². The van der Waals surface area contributed by atoms with Crippen molar-refractivity contribution >= 4 is 11.9 Å². The first-order valence-electron chi connectivity index (χ1n) is 4.19. The van der Waals surface area contributed by atoms with Crippen LogP contribution in [0.3, 0.4) is 0 Å². The summed E-state index contributed by atoms with van der Waals surface area (Å²) in [5.41, 5.74) is 0. The summed E-state index contributed by atoms with van der Waals surface area (Å²) in [6.45, 7) is 2.87. The minimum absolute atomic E-state index is 0.155. The molecule has 13 heavy (non-hydrogen) atoms. The van der Waals surface area contributed by atoms with E-state index in [-0.39, 0.29) is 11.5 Å². The van der Waals surface area contributed by atoms with Gasteiger partial charge < -0.3 is 5.11 Å². The molecule has 76 valence electrons. The molecular weight excluding hydrogens is 177 g/mol. The fraction of sp³-hybridized carbons (Fsp3) is 0.750. The van der Waals surface area contributed by atoms with Crippen LogP contribution in [0, 0.1) is 0 Å². The van der Waals surface area contributed by atoms with Crippen molar-refractivity contribution in [3.05, 3.63) is 0 Å². The Hall–Kier alpha value is -1.13. The normalized spacial score (nSPS) is 12.2. The molecule has 0 aliphatic heterocycles. The summed E-state index contributed by atoms with van der Waals surface area (Å²) in [5.74, 6) is -2.17. The number of unbranched alkanes of at least 4 members (excludes halogenated alkanes) is 1. The minimum atomic E-state index is -1.34. The van der Waals surface area contributed by atoms with Gasteiger partial charge in [0.1, 0.15) is 0 Å². The largest absolute Gasteiger partial charge is 0.480 e. The summed E-state index contributed by atoms with van der Waals surface area (Å²) in [5, 5.41) is 8.36. The Morgan fingerprint density at radius 1 is 1.54 bits per heavy atom. The van der Waals surface area contributed by atoms with Crippen molar-refractivity contribution < 1.29 is 19.2 Å².